The average molecular weight is 283 g/mol. The third kappa shape index (κ3) is 2.79. The number of hydrogen-bond donors (Lipinski definition) is 1. The predicted molar refractivity (Wildman–Crippen MR) is 67.2 cm³/mol. The Balaban J connectivity index is 2.24. The van der Waals surface area contributed by atoms with E-state index in [1.807, 2.05) is 6.92 Å². The molecule has 1 amide bonds. The van der Waals surface area contributed by atoms with Crippen molar-refractivity contribution in [3.05, 3.63) is 35.4 Å². The standard InChI is InChI=1S/C14H15F2NO3/c1-8-5-9(14(19)20)7-17(6-8)13(18)10-3-2-4-11(15)12(10)16/h2-4,8-9H,5-7H2,1H3,(H,19,20). The summed E-state index contributed by atoms with van der Waals surface area (Å²) in [7, 11) is 0. The van der Waals surface area contributed by atoms with Gasteiger partial charge in [-0.2, -0.15) is 0 Å². The van der Waals surface area contributed by atoms with Crippen molar-refractivity contribution in [3.8, 4) is 0 Å². The molecule has 1 aromatic carbocycles. The number of amides is 1. The van der Waals surface area contributed by atoms with Gasteiger partial charge in [-0.05, 0) is 24.5 Å². The molecule has 1 aliphatic heterocycles. The van der Waals surface area contributed by atoms with E-state index in [1.54, 1.807) is 0 Å². The zero-order valence-corrected chi connectivity index (χ0v) is 11.0. The molecule has 1 heterocycles. The van der Waals surface area contributed by atoms with Crippen LogP contribution < -0.4 is 0 Å². The Morgan fingerprint density at radius 1 is 1.30 bits per heavy atom. The maximum Gasteiger partial charge on any atom is 0.308 e. The lowest BCUT2D eigenvalue weighted by Gasteiger charge is -2.34. The number of rotatable bonds is 2. The number of likely N-dealkylation sites (tertiary alicyclic amines) is 1. The molecule has 0 radical (unpaired) electrons. The molecule has 1 aromatic rings. The number of aliphatic carboxylic acids is 1. The van der Waals surface area contributed by atoms with Gasteiger partial charge in [0.05, 0.1) is 11.5 Å². The van der Waals surface area contributed by atoms with Gasteiger partial charge >= 0.3 is 5.97 Å². The number of carbonyl (C=O) groups is 2. The van der Waals surface area contributed by atoms with Crippen LogP contribution in [0.15, 0.2) is 18.2 Å². The van der Waals surface area contributed by atoms with E-state index in [2.05, 4.69) is 0 Å². The molecule has 0 spiro atoms. The molecule has 1 aliphatic rings. The number of halogens is 2. The van der Waals surface area contributed by atoms with Crippen LogP contribution in [0.5, 0.6) is 0 Å². The number of carbonyl (C=O) groups excluding carboxylic acids is 1. The van der Waals surface area contributed by atoms with Gasteiger partial charge in [0.2, 0.25) is 0 Å². The monoisotopic (exact) mass is 283 g/mol. The summed E-state index contributed by atoms with van der Waals surface area (Å²) in [4.78, 5) is 24.5. The van der Waals surface area contributed by atoms with Crippen molar-refractivity contribution in [2.75, 3.05) is 13.1 Å². The van der Waals surface area contributed by atoms with E-state index in [4.69, 9.17) is 5.11 Å². The molecule has 1 N–H and O–H groups in total. The summed E-state index contributed by atoms with van der Waals surface area (Å²) < 4.78 is 26.8. The smallest absolute Gasteiger partial charge is 0.308 e. The van der Waals surface area contributed by atoms with Crippen molar-refractivity contribution >= 4 is 11.9 Å². The molecule has 2 rings (SSSR count). The van der Waals surface area contributed by atoms with Crippen LogP contribution in [0, 0.1) is 23.5 Å². The van der Waals surface area contributed by atoms with Crippen LogP contribution >= 0.6 is 0 Å². The highest BCUT2D eigenvalue weighted by atomic mass is 19.2. The third-order valence-corrected chi connectivity index (χ3v) is 3.48. The fraction of sp³-hybridized carbons (Fsp3) is 0.429. The Morgan fingerprint density at radius 2 is 2.00 bits per heavy atom. The Hall–Kier alpha value is -1.98. The van der Waals surface area contributed by atoms with Crippen molar-refractivity contribution in [3.63, 3.8) is 0 Å². The second-order valence-corrected chi connectivity index (χ2v) is 5.19. The Morgan fingerprint density at radius 3 is 2.65 bits per heavy atom. The summed E-state index contributed by atoms with van der Waals surface area (Å²) in [6.07, 6.45) is 0.477. The molecule has 108 valence electrons. The van der Waals surface area contributed by atoms with Gasteiger partial charge < -0.3 is 10.0 Å². The van der Waals surface area contributed by atoms with Crippen molar-refractivity contribution in [2.45, 2.75) is 13.3 Å². The van der Waals surface area contributed by atoms with Crippen LogP contribution in [-0.4, -0.2) is 35.0 Å². The molecular formula is C14H15F2NO3. The van der Waals surface area contributed by atoms with Crippen LogP contribution in [-0.2, 0) is 4.79 Å². The van der Waals surface area contributed by atoms with E-state index in [0.717, 1.165) is 6.07 Å². The molecule has 0 bridgehead atoms. The lowest BCUT2D eigenvalue weighted by Crippen LogP contribution is -2.45. The van der Waals surface area contributed by atoms with Gasteiger partial charge in [0.25, 0.3) is 5.91 Å². The first-order valence-corrected chi connectivity index (χ1v) is 6.36. The minimum atomic E-state index is -1.19. The highest BCUT2D eigenvalue weighted by molar-refractivity contribution is 5.94. The molecule has 2 atom stereocenters. The zero-order chi connectivity index (χ0) is 14.9. The van der Waals surface area contributed by atoms with E-state index in [0.29, 0.717) is 13.0 Å². The highest BCUT2D eigenvalue weighted by Gasteiger charge is 2.33. The number of nitrogens with zero attached hydrogens (tertiary/aromatic N) is 1. The zero-order valence-electron chi connectivity index (χ0n) is 11.0. The van der Waals surface area contributed by atoms with E-state index in [1.165, 1.54) is 17.0 Å². The average Bonchev–Trinajstić information content (AvgIpc) is 2.40. The fourth-order valence-electron chi connectivity index (χ4n) is 2.54. The summed E-state index contributed by atoms with van der Waals surface area (Å²) in [6.45, 7) is 2.20. The number of carboxylic acid groups (broad SMARTS) is 1. The predicted octanol–water partition coefficient (Wildman–Crippen LogP) is 2.15. The van der Waals surface area contributed by atoms with Gasteiger partial charge in [-0.25, -0.2) is 8.78 Å². The summed E-state index contributed by atoms with van der Waals surface area (Å²) in [5.41, 5.74) is -0.358. The van der Waals surface area contributed by atoms with Gasteiger partial charge in [0.1, 0.15) is 0 Å². The van der Waals surface area contributed by atoms with Crippen LogP contribution in [0.3, 0.4) is 0 Å². The lowest BCUT2D eigenvalue weighted by atomic mass is 9.90. The molecular weight excluding hydrogens is 268 g/mol. The minimum Gasteiger partial charge on any atom is -0.481 e. The number of benzene rings is 1. The summed E-state index contributed by atoms with van der Waals surface area (Å²) in [6, 6.07) is 3.40. The van der Waals surface area contributed by atoms with E-state index in [9.17, 15) is 18.4 Å². The number of hydrogen-bond acceptors (Lipinski definition) is 2. The summed E-state index contributed by atoms with van der Waals surface area (Å²) in [5, 5.41) is 9.05. The van der Waals surface area contributed by atoms with Crippen LogP contribution in [0.25, 0.3) is 0 Å². The van der Waals surface area contributed by atoms with E-state index < -0.39 is 29.4 Å². The van der Waals surface area contributed by atoms with E-state index >= 15 is 0 Å². The van der Waals surface area contributed by atoms with Gasteiger partial charge in [-0.3, -0.25) is 9.59 Å². The van der Waals surface area contributed by atoms with Gasteiger partial charge in [-0.15, -0.1) is 0 Å². The third-order valence-electron chi connectivity index (χ3n) is 3.48. The molecule has 0 saturated carbocycles. The van der Waals surface area contributed by atoms with Crippen molar-refractivity contribution < 1.29 is 23.5 Å². The van der Waals surface area contributed by atoms with Gasteiger partial charge in [0.15, 0.2) is 11.6 Å². The fourth-order valence-corrected chi connectivity index (χ4v) is 2.54. The van der Waals surface area contributed by atoms with Crippen molar-refractivity contribution in [1.29, 1.82) is 0 Å². The van der Waals surface area contributed by atoms with Crippen LogP contribution in [0.1, 0.15) is 23.7 Å². The summed E-state index contributed by atoms with van der Waals surface area (Å²) in [5.74, 6) is -4.59. The second-order valence-electron chi connectivity index (χ2n) is 5.19. The molecule has 6 heteroatoms. The van der Waals surface area contributed by atoms with Gasteiger partial charge in [0, 0.05) is 13.1 Å². The maximum atomic E-state index is 13.6. The van der Waals surface area contributed by atoms with Crippen LogP contribution in [0.2, 0.25) is 0 Å². The largest absolute Gasteiger partial charge is 0.481 e. The number of piperidine rings is 1. The highest BCUT2D eigenvalue weighted by Crippen LogP contribution is 2.24. The normalized spacial score (nSPS) is 22.6. The molecule has 4 nitrogen and oxygen atoms in total. The Labute approximate surface area is 115 Å². The first kappa shape index (κ1) is 14.4. The molecule has 0 aromatic heterocycles. The molecule has 20 heavy (non-hydrogen) atoms. The van der Waals surface area contributed by atoms with Crippen molar-refractivity contribution in [2.24, 2.45) is 11.8 Å². The molecule has 2 unspecified atom stereocenters. The lowest BCUT2D eigenvalue weighted by molar-refractivity contribution is -0.143. The van der Waals surface area contributed by atoms with E-state index in [-0.39, 0.29) is 18.0 Å². The molecule has 1 fully saturated rings. The molecule has 1 saturated heterocycles. The Bertz CT molecular complexity index is 547. The number of carboxylic acids is 1. The first-order chi connectivity index (χ1) is 9.40. The molecule has 0 aliphatic carbocycles. The quantitative estimate of drug-likeness (QED) is 0.904. The van der Waals surface area contributed by atoms with Crippen molar-refractivity contribution in [1.82, 2.24) is 4.90 Å². The Kier molecular flexibility index (Phi) is 4.01. The minimum absolute atomic E-state index is 0.00502. The van der Waals surface area contributed by atoms with Crippen LogP contribution in [0.4, 0.5) is 8.78 Å². The first-order valence-electron chi connectivity index (χ1n) is 6.36. The second kappa shape index (κ2) is 5.56. The topological polar surface area (TPSA) is 57.6 Å². The maximum absolute atomic E-state index is 13.6. The SMILES string of the molecule is CC1CC(C(=O)O)CN(C(=O)c2cccc(F)c2F)C1. The van der Waals surface area contributed by atoms with Gasteiger partial charge in [-0.1, -0.05) is 13.0 Å². The summed E-state index contributed by atoms with van der Waals surface area (Å²) >= 11 is 0.